The van der Waals surface area contributed by atoms with Crippen LogP contribution in [0.4, 0.5) is 10.1 Å². The average molecular weight is 498 g/mol. The molecule has 7 nitrogen and oxygen atoms in total. The van der Waals surface area contributed by atoms with Crippen LogP contribution in [-0.4, -0.2) is 30.3 Å². The summed E-state index contributed by atoms with van der Waals surface area (Å²) in [7, 11) is 0. The lowest BCUT2D eigenvalue weighted by atomic mass is 10.0. The molecule has 4 rings (SSSR count). The summed E-state index contributed by atoms with van der Waals surface area (Å²) in [6.45, 7) is -0.422. The Hall–Kier alpha value is -3.65. The van der Waals surface area contributed by atoms with Gasteiger partial charge in [-0.25, -0.2) is 4.39 Å². The lowest BCUT2D eigenvalue weighted by Crippen LogP contribution is -2.49. The van der Waals surface area contributed by atoms with E-state index in [1.54, 1.807) is 36.4 Å². The SMILES string of the molecule is O=C(NCC(=O)N(c1ccc(F)c(Cl)c1)[C@@H](C(=O)NC1CCCC1)c1ccccc1)c1ccco1. The Morgan fingerprint density at radius 2 is 1.80 bits per heavy atom. The van der Waals surface area contributed by atoms with Crippen LogP contribution in [0, 0.1) is 5.82 Å². The minimum absolute atomic E-state index is 0.0149. The van der Waals surface area contributed by atoms with E-state index in [4.69, 9.17) is 16.0 Å². The summed E-state index contributed by atoms with van der Waals surface area (Å²) in [4.78, 5) is 40.7. The Morgan fingerprint density at radius 3 is 2.46 bits per heavy atom. The average Bonchev–Trinajstić information content (AvgIpc) is 3.58. The number of amides is 3. The third kappa shape index (κ3) is 5.89. The van der Waals surface area contributed by atoms with E-state index in [1.807, 2.05) is 0 Å². The highest BCUT2D eigenvalue weighted by atomic mass is 35.5. The summed E-state index contributed by atoms with van der Waals surface area (Å²) < 4.78 is 19.0. The number of hydrogen-bond donors (Lipinski definition) is 2. The maximum absolute atomic E-state index is 13.9. The van der Waals surface area contributed by atoms with Gasteiger partial charge in [0, 0.05) is 11.7 Å². The largest absolute Gasteiger partial charge is 0.459 e. The molecule has 1 aliphatic rings. The van der Waals surface area contributed by atoms with Crippen LogP contribution in [0.1, 0.15) is 47.8 Å². The van der Waals surface area contributed by atoms with Crippen molar-refractivity contribution in [3.8, 4) is 0 Å². The molecule has 1 heterocycles. The quantitative estimate of drug-likeness (QED) is 0.474. The molecule has 35 heavy (non-hydrogen) atoms. The molecule has 2 aromatic carbocycles. The molecule has 0 aliphatic heterocycles. The minimum atomic E-state index is -1.06. The Balaban J connectivity index is 1.69. The second-order valence-electron chi connectivity index (χ2n) is 8.33. The molecule has 0 bridgehead atoms. The zero-order valence-electron chi connectivity index (χ0n) is 18.9. The zero-order chi connectivity index (χ0) is 24.8. The van der Waals surface area contributed by atoms with Crippen molar-refractivity contribution in [2.24, 2.45) is 0 Å². The van der Waals surface area contributed by atoms with Crippen LogP contribution in [0.2, 0.25) is 5.02 Å². The van der Waals surface area contributed by atoms with Gasteiger partial charge < -0.3 is 15.1 Å². The molecule has 182 valence electrons. The van der Waals surface area contributed by atoms with Crippen molar-refractivity contribution in [2.45, 2.75) is 37.8 Å². The van der Waals surface area contributed by atoms with Crippen molar-refractivity contribution < 1.29 is 23.2 Å². The first kappa shape index (κ1) is 24.5. The summed E-state index contributed by atoms with van der Waals surface area (Å²) in [5, 5.41) is 5.38. The van der Waals surface area contributed by atoms with E-state index < -0.39 is 30.2 Å². The molecule has 1 saturated carbocycles. The van der Waals surface area contributed by atoms with Crippen molar-refractivity contribution >= 4 is 35.0 Å². The fourth-order valence-electron chi connectivity index (χ4n) is 4.21. The van der Waals surface area contributed by atoms with Gasteiger partial charge in [0.1, 0.15) is 11.9 Å². The van der Waals surface area contributed by atoms with Crippen molar-refractivity contribution in [1.29, 1.82) is 0 Å². The fraction of sp³-hybridized carbons (Fsp3) is 0.269. The van der Waals surface area contributed by atoms with Gasteiger partial charge in [-0.3, -0.25) is 19.3 Å². The standard InChI is InChI=1S/C26H25ClFN3O4/c27-20-15-19(12-13-21(20)28)31(23(32)16-29-25(33)22-11-6-14-35-22)24(17-7-2-1-3-8-17)26(34)30-18-9-4-5-10-18/h1-3,6-8,11-15,18,24H,4-5,9-10,16H2,(H,29,33)(H,30,34)/t24-/m1/s1. The summed E-state index contributed by atoms with van der Waals surface area (Å²) in [6.07, 6.45) is 5.12. The molecule has 1 atom stereocenters. The van der Waals surface area contributed by atoms with E-state index in [0.29, 0.717) is 5.56 Å². The Morgan fingerprint density at radius 1 is 1.06 bits per heavy atom. The van der Waals surface area contributed by atoms with Crippen LogP contribution >= 0.6 is 11.6 Å². The van der Waals surface area contributed by atoms with Gasteiger partial charge in [-0.2, -0.15) is 0 Å². The summed E-state index contributed by atoms with van der Waals surface area (Å²) >= 11 is 6.03. The number of benzene rings is 2. The van der Waals surface area contributed by atoms with Crippen molar-refractivity contribution in [1.82, 2.24) is 10.6 Å². The number of hydrogen-bond acceptors (Lipinski definition) is 4. The molecular formula is C26H25ClFN3O4. The number of carbonyl (C=O) groups is 3. The number of halogens is 2. The van der Waals surface area contributed by atoms with E-state index in [-0.39, 0.29) is 28.4 Å². The molecule has 3 aromatic rings. The topological polar surface area (TPSA) is 91.7 Å². The Bertz CT molecular complexity index is 1180. The lowest BCUT2D eigenvalue weighted by Gasteiger charge is -2.32. The highest BCUT2D eigenvalue weighted by molar-refractivity contribution is 6.31. The molecule has 9 heteroatoms. The molecule has 0 unspecified atom stereocenters. The first-order chi connectivity index (χ1) is 16.9. The first-order valence-corrected chi connectivity index (χ1v) is 11.8. The van der Waals surface area contributed by atoms with Gasteiger partial charge in [-0.1, -0.05) is 54.8 Å². The van der Waals surface area contributed by atoms with Crippen LogP contribution in [0.15, 0.2) is 71.3 Å². The van der Waals surface area contributed by atoms with E-state index in [9.17, 15) is 18.8 Å². The molecular weight excluding hydrogens is 473 g/mol. The maximum atomic E-state index is 13.9. The van der Waals surface area contributed by atoms with Gasteiger partial charge in [-0.05, 0) is 48.7 Å². The molecule has 3 amide bonds. The molecule has 0 radical (unpaired) electrons. The van der Waals surface area contributed by atoms with Crippen LogP contribution in [0.5, 0.6) is 0 Å². The number of furan rings is 1. The summed E-state index contributed by atoms with van der Waals surface area (Å²) in [6, 6.07) is 14.6. The van der Waals surface area contributed by atoms with Gasteiger partial charge in [-0.15, -0.1) is 0 Å². The number of anilines is 1. The Kier molecular flexibility index (Phi) is 7.82. The van der Waals surface area contributed by atoms with Crippen LogP contribution in [0.3, 0.4) is 0 Å². The van der Waals surface area contributed by atoms with Gasteiger partial charge in [0.15, 0.2) is 5.76 Å². The molecule has 2 N–H and O–H groups in total. The first-order valence-electron chi connectivity index (χ1n) is 11.4. The maximum Gasteiger partial charge on any atom is 0.287 e. The smallest absolute Gasteiger partial charge is 0.287 e. The van der Waals surface area contributed by atoms with Crippen molar-refractivity contribution in [3.63, 3.8) is 0 Å². The van der Waals surface area contributed by atoms with Crippen molar-refractivity contribution in [3.05, 3.63) is 89.1 Å². The summed E-state index contributed by atoms with van der Waals surface area (Å²) in [5.74, 6) is -2.13. The van der Waals surface area contributed by atoms with E-state index >= 15 is 0 Å². The number of nitrogens with one attached hydrogen (secondary N) is 2. The summed E-state index contributed by atoms with van der Waals surface area (Å²) in [5.41, 5.74) is 0.790. The normalized spacial score (nSPS) is 14.3. The van der Waals surface area contributed by atoms with Crippen molar-refractivity contribution in [2.75, 3.05) is 11.4 Å². The lowest BCUT2D eigenvalue weighted by molar-refractivity contribution is -0.126. The van der Waals surface area contributed by atoms with Crippen LogP contribution < -0.4 is 15.5 Å². The predicted molar refractivity (Wildman–Crippen MR) is 130 cm³/mol. The minimum Gasteiger partial charge on any atom is -0.459 e. The highest BCUT2D eigenvalue weighted by Crippen LogP contribution is 2.31. The van der Waals surface area contributed by atoms with Gasteiger partial charge >= 0.3 is 0 Å². The number of nitrogens with zero attached hydrogens (tertiary/aromatic N) is 1. The number of rotatable bonds is 8. The third-order valence-electron chi connectivity index (χ3n) is 5.92. The van der Waals surface area contributed by atoms with E-state index in [1.165, 1.54) is 29.4 Å². The highest BCUT2D eigenvalue weighted by Gasteiger charge is 2.34. The second kappa shape index (κ2) is 11.2. The molecule has 1 aromatic heterocycles. The molecule has 0 spiro atoms. The van der Waals surface area contributed by atoms with Crippen LogP contribution in [-0.2, 0) is 9.59 Å². The van der Waals surface area contributed by atoms with Gasteiger partial charge in [0.25, 0.3) is 5.91 Å². The molecule has 1 fully saturated rings. The fourth-order valence-corrected chi connectivity index (χ4v) is 4.39. The predicted octanol–water partition coefficient (Wildman–Crippen LogP) is 4.64. The van der Waals surface area contributed by atoms with Gasteiger partial charge in [0.05, 0.1) is 17.8 Å². The van der Waals surface area contributed by atoms with E-state index in [0.717, 1.165) is 31.7 Å². The van der Waals surface area contributed by atoms with Gasteiger partial charge in [0.2, 0.25) is 11.8 Å². The molecule has 1 aliphatic carbocycles. The number of carbonyl (C=O) groups excluding carboxylic acids is 3. The zero-order valence-corrected chi connectivity index (χ0v) is 19.6. The third-order valence-corrected chi connectivity index (χ3v) is 6.21. The molecule has 0 saturated heterocycles. The Labute approximate surface area is 207 Å². The van der Waals surface area contributed by atoms with Crippen LogP contribution in [0.25, 0.3) is 0 Å². The van der Waals surface area contributed by atoms with E-state index in [2.05, 4.69) is 10.6 Å². The second-order valence-corrected chi connectivity index (χ2v) is 8.73. The monoisotopic (exact) mass is 497 g/mol.